The van der Waals surface area contributed by atoms with Crippen molar-refractivity contribution >= 4 is 5.82 Å². The zero-order chi connectivity index (χ0) is 11.6. The summed E-state index contributed by atoms with van der Waals surface area (Å²) < 4.78 is 37.6. The Kier molecular flexibility index (Phi) is 3.26. The number of halogens is 3. The van der Waals surface area contributed by atoms with Gasteiger partial charge in [-0.1, -0.05) is 6.92 Å². The molecule has 0 fully saturated rings. The second kappa shape index (κ2) is 4.12. The number of hydrogen-bond donors (Lipinski definition) is 1. The molecule has 1 rings (SSSR count). The lowest BCUT2D eigenvalue weighted by Gasteiger charge is -2.13. The van der Waals surface area contributed by atoms with Crippen molar-refractivity contribution in [1.29, 1.82) is 0 Å². The van der Waals surface area contributed by atoms with Crippen molar-refractivity contribution in [3.05, 3.63) is 11.8 Å². The van der Waals surface area contributed by atoms with Gasteiger partial charge in [0, 0.05) is 24.7 Å². The van der Waals surface area contributed by atoms with E-state index in [1.165, 1.54) is 4.68 Å². The molecule has 6 heteroatoms. The zero-order valence-corrected chi connectivity index (χ0v) is 8.67. The van der Waals surface area contributed by atoms with E-state index in [4.69, 9.17) is 5.73 Å². The second-order valence-electron chi connectivity index (χ2n) is 3.84. The van der Waals surface area contributed by atoms with Gasteiger partial charge in [0.2, 0.25) is 0 Å². The van der Waals surface area contributed by atoms with E-state index in [2.05, 4.69) is 5.10 Å². The minimum Gasteiger partial charge on any atom is -0.382 e. The quantitative estimate of drug-likeness (QED) is 0.851. The molecular weight excluding hydrogens is 207 g/mol. The predicted octanol–water partition coefficient (Wildman–Crippen LogP) is 2.36. The van der Waals surface area contributed by atoms with Gasteiger partial charge in [0.15, 0.2) is 0 Å². The summed E-state index contributed by atoms with van der Waals surface area (Å²) in [5, 5.41) is 3.91. The molecule has 0 amide bonds. The molecule has 0 aromatic carbocycles. The van der Waals surface area contributed by atoms with Gasteiger partial charge in [-0.25, -0.2) is 0 Å². The predicted molar refractivity (Wildman–Crippen MR) is 51.2 cm³/mol. The fourth-order valence-corrected chi connectivity index (χ4v) is 1.41. The molecule has 0 aliphatic carbocycles. The molecule has 2 N–H and O–H groups in total. The molecule has 0 aliphatic rings. The van der Waals surface area contributed by atoms with Gasteiger partial charge in [-0.3, -0.25) is 4.68 Å². The lowest BCUT2D eigenvalue weighted by atomic mass is 10.1. The van der Waals surface area contributed by atoms with Crippen molar-refractivity contribution in [2.75, 3.05) is 5.73 Å². The third-order valence-electron chi connectivity index (χ3n) is 2.06. The molecule has 0 saturated heterocycles. The molecule has 1 atom stereocenters. The Balaban J connectivity index is 2.55. The SMILES string of the molecule is Cc1cn(CC(C)CC(F)(F)F)nc1N. The van der Waals surface area contributed by atoms with Gasteiger partial charge in [0.05, 0.1) is 0 Å². The number of alkyl halides is 3. The minimum atomic E-state index is -4.12. The Bertz CT molecular complexity index is 310. The van der Waals surface area contributed by atoms with E-state index in [0.29, 0.717) is 5.82 Å². The van der Waals surface area contributed by atoms with Crippen molar-refractivity contribution in [2.45, 2.75) is 33.0 Å². The molecule has 86 valence electrons. The van der Waals surface area contributed by atoms with Crippen molar-refractivity contribution < 1.29 is 13.2 Å². The number of anilines is 1. The molecule has 0 radical (unpaired) electrons. The molecule has 3 nitrogen and oxygen atoms in total. The van der Waals surface area contributed by atoms with Crippen molar-refractivity contribution in [1.82, 2.24) is 9.78 Å². The van der Waals surface area contributed by atoms with Gasteiger partial charge in [-0.15, -0.1) is 0 Å². The van der Waals surface area contributed by atoms with Crippen LogP contribution in [-0.4, -0.2) is 16.0 Å². The summed E-state index contributed by atoms with van der Waals surface area (Å²) in [5.41, 5.74) is 6.28. The van der Waals surface area contributed by atoms with E-state index in [9.17, 15) is 13.2 Å². The smallest absolute Gasteiger partial charge is 0.382 e. The Morgan fingerprint density at radius 2 is 2.13 bits per heavy atom. The van der Waals surface area contributed by atoms with Crippen LogP contribution in [0, 0.1) is 12.8 Å². The summed E-state index contributed by atoms with van der Waals surface area (Å²) in [6.07, 6.45) is -3.26. The molecule has 0 saturated carbocycles. The summed E-state index contributed by atoms with van der Waals surface area (Å²) in [6, 6.07) is 0. The largest absolute Gasteiger partial charge is 0.389 e. The fraction of sp³-hybridized carbons (Fsp3) is 0.667. The molecule has 15 heavy (non-hydrogen) atoms. The van der Waals surface area contributed by atoms with Gasteiger partial charge in [0.1, 0.15) is 5.82 Å². The number of nitrogens with zero attached hydrogens (tertiary/aromatic N) is 2. The van der Waals surface area contributed by atoms with Crippen molar-refractivity contribution in [3.63, 3.8) is 0 Å². The molecule has 0 aliphatic heterocycles. The Hall–Kier alpha value is -1.20. The highest BCUT2D eigenvalue weighted by Crippen LogP contribution is 2.25. The van der Waals surface area contributed by atoms with Gasteiger partial charge in [0.25, 0.3) is 0 Å². The summed E-state index contributed by atoms with van der Waals surface area (Å²) >= 11 is 0. The van der Waals surface area contributed by atoms with Crippen LogP contribution >= 0.6 is 0 Å². The Morgan fingerprint density at radius 3 is 2.53 bits per heavy atom. The Morgan fingerprint density at radius 1 is 1.53 bits per heavy atom. The third-order valence-corrected chi connectivity index (χ3v) is 2.06. The van der Waals surface area contributed by atoms with Crippen LogP contribution < -0.4 is 5.73 Å². The summed E-state index contributed by atoms with van der Waals surface area (Å²) in [5.74, 6) is -0.127. The minimum absolute atomic E-state index is 0.234. The van der Waals surface area contributed by atoms with E-state index in [0.717, 1.165) is 5.56 Å². The summed E-state index contributed by atoms with van der Waals surface area (Å²) in [4.78, 5) is 0. The Labute approximate surface area is 86.1 Å². The van der Waals surface area contributed by atoms with Gasteiger partial charge < -0.3 is 5.73 Å². The van der Waals surface area contributed by atoms with Crippen LogP contribution in [0.1, 0.15) is 18.9 Å². The van der Waals surface area contributed by atoms with Crippen LogP contribution in [0.2, 0.25) is 0 Å². The second-order valence-corrected chi connectivity index (χ2v) is 3.84. The van der Waals surface area contributed by atoms with E-state index in [1.807, 2.05) is 0 Å². The van der Waals surface area contributed by atoms with Crippen LogP contribution in [0.15, 0.2) is 6.20 Å². The maximum atomic E-state index is 12.0. The van der Waals surface area contributed by atoms with E-state index >= 15 is 0 Å². The number of nitrogen functional groups attached to an aromatic ring is 1. The number of aryl methyl sites for hydroxylation is 1. The zero-order valence-electron chi connectivity index (χ0n) is 8.67. The molecular formula is C9H14F3N3. The third kappa shape index (κ3) is 3.81. The average Bonchev–Trinajstić information content (AvgIpc) is 2.26. The number of hydrogen-bond acceptors (Lipinski definition) is 2. The highest BCUT2D eigenvalue weighted by atomic mass is 19.4. The fourth-order valence-electron chi connectivity index (χ4n) is 1.41. The standard InChI is InChI=1S/C9H14F3N3/c1-6(3-9(10,11)12)4-15-5-7(2)8(13)14-15/h5-6H,3-4H2,1-2H3,(H2,13,14). The highest BCUT2D eigenvalue weighted by molar-refractivity contribution is 5.35. The first kappa shape index (κ1) is 11.9. The monoisotopic (exact) mass is 221 g/mol. The molecule has 0 bridgehead atoms. The first-order valence-electron chi connectivity index (χ1n) is 4.64. The van der Waals surface area contributed by atoms with Gasteiger partial charge >= 0.3 is 6.18 Å². The van der Waals surface area contributed by atoms with E-state index in [1.54, 1.807) is 20.0 Å². The maximum absolute atomic E-state index is 12.0. The van der Waals surface area contributed by atoms with Gasteiger partial charge in [-0.2, -0.15) is 18.3 Å². The number of aromatic nitrogens is 2. The summed E-state index contributed by atoms with van der Waals surface area (Å²) in [7, 11) is 0. The van der Waals surface area contributed by atoms with Crippen molar-refractivity contribution in [3.8, 4) is 0 Å². The van der Waals surface area contributed by atoms with Crippen LogP contribution in [0.4, 0.5) is 19.0 Å². The molecule has 1 unspecified atom stereocenters. The van der Waals surface area contributed by atoms with E-state index < -0.39 is 18.5 Å². The lowest BCUT2D eigenvalue weighted by Crippen LogP contribution is -2.17. The first-order chi connectivity index (χ1) is 6.78. The lowest BCUT2D eigenvalue weighted by molar-refractivity contribution is -0.144. The first-order valence-corrected chi connectivity index (χ1v) is 4.64. The van der Waals surface area contributed by atoms with Crippen LogP contribution in [-0.2, 0) is 6.54 Å². The van der Waals surface area contributed by atoms with Crippen LogP contribution in [0.5, 0.6) is 0 Å². The van der Waals surface area contributed by atoms with Crippen LogP contribution in [0.25, 0.3) is 0 Å². The van der Waals surface area contributed by atoms with Gasteiger partial charge in [-0.05, 0) is 12.8 Å². The molecule has 1 aromatic heterocycles. The topological polar surface area (TPSA) is 43.8 Å². The average molecular weight is 221 g/mol. The number of rotatable bonds is 3. The molecule has 1 aromatic rings. The number of nitrogens with two attached hydrogens (primary N) is 1. The maximum Gasteiger partial charge on any atom is 0.389 e. The molecule has 0 spiro atoms. The normalized spacial score (nSPS) is 14.2. The molecule has 1 heterocycles. The summed E-state index contributed by atoms with van der Waals surface area (Å²) in [6.45, 7) is 3.55. The highest BCUT2D eigenvalue weighted by Gasteiger charge is 2.30. The van der Waals surface area contributed by atoms with Crippen LogP contribution in [0.3, 0.4) is 0 Å². The van der Waals surface area contributed by atoms with E-state index in [-0.39, 0.29) is 6.54 Å². The van der Waals surface area contributed by atoms with Crippen molar-refractivity contribution in [2.24, 2.45) is 5.92 Å².